The van der Waals surface area contributed by atoms with Gasteiger partial charge in [-0.1, -0.05) is 23.2 Å². The molecule has 1 aliphatic rings. The highest BCUT2D eigenvalue weighted by molar-refractivity contribution is 6.42. The molecule has 1 aromatic carbocycles. The van der Waals surface area contributed by atoms with Gasteiger partial charge in [-0.05, 0) is 43.0 Å². The summed E-state index contributed by atoms with van der Waals surface area (Å²) in [5.41, 5.74) is 2.70. The van der Waals surface area contributed by atoms with E-state index in [1.165, 1.54) is 0 Å². The lowest BCUT2D eigenvalue weighted by Gasteiger charge is -2.20. The molecule has 0 fully saturated rings. The molecule has 1 N–H and O–H groups in total. The minimum Gasteiger partial charge on any atom is -0.387 e. The number of aliphatic hydroxyl groups excluding tert-OH is 1. The van der Waals surface area contributed by atoms with Crippen LogP contribution in [0.1, 0.15) is 30.2 Å². The van der Waals surface area contributed by atoms with E-state index >= 15 is 0 Å². The lowest BCUT2D eigenvalue weighted by molar-refractivity contribution is 0.152. The van der Waals surface area contributed by atoms with E-state index in [-0.39, 0.29) is 0 Å². The minimum absolute atomic E-state index is 0.447. The van der Waals surface area contributed by atoms with Crippen molar-refractivity contribution in [1.29, 1.82) is 0 Å². The number of hydrogen-bond donors (Lipinski definition) is 1. The maximum Gasteiger partial charge on any atom is 0.0962 e. The number of nitrogens with zero attached hydrogens (tertiary/aromatic N) is 1. The van der Waals surface area contributed by atoms with Gasteiger partial charge in [0.25, 0.3) is 0 Å². The first-order chi connectivity index (χ1) is 8.15. The zero-order chi connectivity index (χ0) is 12.0. The zero-order valence-corrected chi connectivity index (χ0v) is 10.6. The van der Waals surface area contributed by atoms with E-state index in [0.29, 0.717) is 10.0 Å². The SMILES string of the molecule is OC1CCCc2cc3cc(Cl)c(Cl)cc3nc21. The van der Waals surface area contributed by atoms with Crippen LogP contribution in [0.4, 0.5) is 0 Å². The van der Waals surface area contributed by atoms with Gasteiger partial charge in [-0.25, -0.2) is 4.98 Å². The van der Waals surface area contributed by atoms with Gasteiger partial charge in [-0.15, -0.1) is 0 Å². The van der Waals surface area contributed by atoms with Crippen LogP contribution in [0.3, 0.4) is 0 Å². The summed E-state index contributed by atoms with van der Waals surface area (Å²) in [7, 11) is 0. The van der Waals surface area contributed by atoms with Crippen molar-refractivity contribution in [1.82, 2.24) is 4.98 Å². The Labute approximate surface area is 109 Å². The Kier molecular flexibility index (Phi) is 2.74. The molecule has 0 spiro atoms. The maximum atomic E-state index is 9.92. The van der Waals surface area contributed by atoms with Crippen LogP contribution in [-0.4, -0.2) is 10.1 Å². The molecule has 4 heteroatoms. The van der Waals surface area contributed by atoms with E-state index in [4.69, 9.17) is 23.2 Å². The van der Waals surface area contributed by atoms with Crippen molar-refractivity contribution in [2.45, 2.75) is 25.4 Å². The Morgan fingerprint density at radius 1 is 1.18 bits per heavy atom. The van der Waals surface area contributed by atoms with Crippen LogP contribution in [0, 0.1) is 0 Å². The second kappa shape index (κ2) is 4.13. The molecular weight excluding hydrogens is 257 g/mol. The number of pyridine rings is 1. The summed E-state index contributed by atoms with van der Waals surface area (Å²) in [6.07, 6.45) is 2.31. The van der Waals surface area contributed by atoms with E-state index < -0.39 is 6.10 Å². The second-order valence-electron chi connectivity index (χ2n) is 4.40. The van der Waals surface area contributed by atoms with E-state index in [9.17, 15) is 5.11 Å². The van der Waals surface area contributed by atoms with Crippen LogP contribution in [0.15, 0.2) is 18.2 Å². The number of aliphatic hydroxyl groups is 1. The van der Waals surface area contributed by atoms with Crippen molar-refractivity contribution in [3.05, 3.63) is 39.5 Å². The Morgan fingerprint density at radius 2 is 1.94 bits per heavy atom. The molecule has 1 aromatic heterocycles. The molecule has 88 valence electrons. The van der Waals surface area contributed by atoms with Gasteiger partial charge in [0.05, 0.1) is 27.4 Å². The Morgan fingerprint density at radius 3 is 2.76 bits per heavy atom. The van der Waals surface area contributed by atoms with Crippen LogP contribution in [0.25, 0.3) is 10.9 Å². The fraction of sp³-hybridized carbons (Fsp3) is 0.308. The normalized spacial score (nSPS) is 19.4. The third kappa shape index (κ3) is 1.90. The molecule has 0 bridgehead atoms. The fourth-order valence-corrected chi connectivity index (χ4v) is 2.67. The highest BCUT2D eigenvalue weighted by Gasteiger charge is 2.20. The number of benzene rings is 1. The first kappa shape index (κ1) is 11.3. The van der Waals surface area contributed by atoms with Crippen LogP contribution < -0.4 is 0 Å². The van der Waals surface area contributed by atoms with Crippen molar-refractivity contribution >= 4 is 34.1 Å². The van der Waals surface area contributed by atoms with E-state index in [0.717, 1.165) is 41.4 Å². The summed E-state index contributed by atoms with van der Waals surface area (Å²) < 4.78 is 0. The van der Waals surface area contributed by atoms with Crippen LogP contribution in [0.2, 0.25) is 10.0 Å². The van der Waals surface area contributed by atoms with E-state index in [2.05, 4.69) is 11.1 Å². The predicted octanol–water partition coefficient (Wildman–Crippen LogP) is 3.91. The van der Waals surface area contributed by atoms with Gasteiger partial charge < -0.3 is 5.11 Å². The molecular formula is C13H11Cl2NO. The molecule has 0 aliphatic heterocycles. The van der Waals surface area contributed by atoms with Crippen molar-refractivity contribution in [2.75, 3.05) is 0 Å². The number of fused-ring (bicyclic) bond motifs is 2. The smallest absolute Gasteiger partial charge is 0.0962 e. The van der Waals surface area contributed by atoms with Crippen LogP contribution in [-0.2, 0) is 6.42 Å². The fourth-order valence-electron chi connectivity index (χ4n) is 2.34. The Balaban J connectivity index is 2.27. The Hall–Kier alpha value is -0.830. The zero-order valence-electron chi connectivity index (χ0n) is 9.08. The van der Waals surface area contributed by atoms with Crippen LogP contribution >= 0.6 is 23.2 Å². The summed E-state index contributed by atoms with van der Waals surface area (Å²) in [6, 6.07) is 5.64. The van der Waals surface area contributed by atoms with Crippen LogP contribution in [0.5, 0.6) is 0 Å². The number of hydrogen-bond acceptors (Lipinski definition) is 2. The van der Waals surface area contributed by atoms with Gasteiger partial charge in [-0.3, -0.25) is 0 Å². The van der Waals surface area contributed by atoms with Gasteiger partial charge in [0.1, 0.15) is 0 Å². The summed E-state index contributed by atoms with van der Waals surface area (Å²) in [6.45, 7) is 0. The van der Waals surface area contributed by atoms with E-state index in [1.807, 2.05) is 6.07 Å². The monoisotopic (exact) mass is 267 g/mol. The topological polar surface area (TPSA) is 33.1 Å². The largest absolute Gasteiger partial charge is 0.387 e. The molecule has 2 nitrogen and oxygen atoms in total. The summed E-state index contributed by atoms with van der Waals surface area (Å²) >= 11 is 12.0. The van der Waals surface area contributed by atoms with Crippen molar-refractivity contribution < 1.29 is 5.11 Å². The standard InChI is InChI=1S/C13H11Cl2NO/c14-9-5-8-4-7-2-1-3-12(17)13(7)16-11(8)6-10(9)15/h4-6,12,17H,1-3H2. The lowest BCUT2D eigenvalue weighted by Crippen LogP contribution is -2.11. The lowest BCUT2D eigenvalue weighted by atomic mass is 9.92. The summed E-state index contributed by atoms with van der Waals surface area (Å²) in [5.74, 6) is 0. The quantitative estimate of drug-likeness (QED) is 0.785. The van der Waals surface area contributed by atoms with Crippen molar-refractivity contribution in [2.24, 2.45) is 0 Å². The van der Waals surface area contributed by atoms with E-state index in [1.54, 1.807) is 6.07 Å². The van der Waals surface area contributed by atoms with Gasteiger partial charge in [-0.2, -0.15) is 0 Å². The predicted molar refractivity (Wildman–Crippen MR) is 69.7 cm³/mol. The summed E-state index contributed by atoms with van der Waals surface area (Å²) in [4.78, 5) is 4.51. The molecule has 17 heavy (non-hydrogen) atoms. The average Bonchev–Trinajstić information content (AvgIpc) is 2.29. The average molecular weight is 268 g/mol. The van der Waals surface area contributed by atoms with Crippen molar-refractivity contribution in [3.8, 4) is 0 Å². The molecule has 3 rings (SSSR count). The first-order valence-electron chi connectivity index (χ1n) is 5.62. The highest BCUT2D eigenvalue weighted by Crippen LogP contribution is 2.33. The highest BCUT2D eigenvalue weighted by atomic mass is 35.5. The third-order valence-electron chi connectivity index (χ3n) is 3.21. The van der Waals surface area contributed by atoms with Gasteiger partial charge in [0.15, 0.2) is 0 Å². The molecule has 0 saturated carbocycles. The third-order valence-corrected chi connectivity index (χ3v) is 3.93. The molecule has 0 radical (unpaired) electrons. The first-order valence-corrected chi connectivity index (χ1v) is 6.37. The van der Waals surface area contributed by atoms with Crippen molar-refractivity contribution in [3.63, 3.8) is 0 Å². The minimum atomic E-state index is -0.447. The second-order valence-corrected chi connectivity index (χ2v) is 5.21. The Bertz CT molecular complexity index is 597. The molecule has 1 atom stereocenters. The number of aryl methyl sites for hydroxylation is 1. The molecule has 0 amide bonds. The summed E-state index contributed by atoms with van der Waals surface area (Å²) in [5, 5.41) is 11.9. The maximum absolute atomic E-state index is 9.92. The molecule has 1 unspecified atom stereocenters. The molecule has 2 aromatic rings. The number of rotatable bonds is 0. The molecule has 0 saturated heterocycles. The van der Waals surface area contributed by atoms with Gasteiger partial charge in [0, 0.05) is 5.39 Å². The molecule has 1 heterocycles. The number of aromatic nitrogens is 1. The van der Waals surface area contributed by atoms with Gasteiger partial charge >= 0.3 is 0 Å². The van der Waals surface area contributed by atoms with Gasteiger partial charge in [0.2, 0.25) is 0 Å². The molecule has 1 aliphatic carbocycles. The number of halogens is 2.